The van der Waals surface area contributed by atoms with Crippen molar-refractivity contribution in [1.29, 1.82) is 5.41 Å². The van der Waals surface area contributed by atoms with E-state index in [0.717, 1.165) is 22.2 Å². The van der Waals surface area contributed by atoms with Crippen LogP contribution in [0.25, 0.3) is 11.0 Å². The van der Waals surface area contributed by atoms with Crippen LogP contribution in [-0.2, 0) is 6.54 Å². The van der Waals surface area contributed by atoms with Crippen molar-refractivity contribution in [2.24, 2.45) is 0 Å². The second-order valence-electron chi connectivity index (χ2n) is 5.18. The summed E-state index contributed by atoms with van der Waals surface area (Å²) < 4.78 is 5.83. The predicted octanol–water partition coefficient (Wildman–Crippen LogP) is 4.09. The van der Waals surface area contributed by atoms with Crippen molar-refractivity contribution in [2.45, 2.75) is 13.5 Å². The SMILES string of the molecule is Cc1ccc(N2Cc3c(oc4ccccc34)C2=N)cc1. The lowest BCUT2D eigenvalue weighted by Crippen LogP contribution is -2.23. The minimum Gasteiger partial charge on any atom is -0.452 e. The number of nitrogens with one attached hydrogen (secondary N) is 1. The largest absolute Gasteiger partial charge is 0.452 e. The summed E-state index contributed by atoms with van der Waals surface area (Å²) in [5, 5.41) is 9.46. The molecule has 2 aromatic carbocycles. The molecule has 1 aliphatic heterocycles. The number of furan rings is 1. The third kappa shape index (κ3) is 1.50. The van der Waals surface area contributed by atoms with E-state index in [1.54, 1.807) is 0 Å². The smallest absolute Gasteiger partial charge is 0.175 e. The normalized spacial score (nSPS) is 14.1. The Balaban J connectivity index is 1.80. The Kier molecular flexibility index (Phi) is 2.24. The number of amidine groups is 1. The van der Waals surface area contributed by atoms with Crippen LogP contribution in [-0.4, -0.2) is 5.84 Å². The van der Waals surface area contributed by atoms with Gasteiger partial charge in [-0.1, -0.05) is 35.9 Å². The molecule has 0 unspecified atom stereocenters. The molecule has 0 bridgehead atoms. The van der Waals surface area contributed by atoms with E-state index in [0.29, 0.717) is 18.1 Å². The Labute approximate surface area is 116 Å². The fourth-order valence-corrected chi connectivity index (χ4v) is 2.75. The molecule has 20 heavy (non-hydrogen) atoms. The first-order valence-corrected chi connectivity index (χ1v) is 6.67. The van der Waals surface area contributed by atoms with Crippen molar-refractivity contribution in [2.75, 3.05) is 4.90 Å². The van der Waals surface area contributed by atoms with Gasteiger partial charge in [0.05, 0.1) is 6.54 Å². The van der Waals surface area contributed by atoms with Crippen molar-refractivity contribution in [3.8, 4) is 0 Å². The van der Waals surface area contributed by atoms with Crippen molar-refractivity contribution in [3.05, 3.63) is 65.4 Å². The zero-order valence-corrected chi connectivity index (χ0v) is 11.2. The molecule has 1 N–H and O–H groups in total. The maximum absolute atomic E-state index is 8.34. The second-order valence-corrected chi connectivity index (χ2v) is 5.18. The zero-order chi connectivity index (χ0) is 13.7. The number of anilines is 1. The highest BCUT2D eigenvalue weighted by atomic mass is 16.3. The van der Waals surface area contributed by atoms with E-state index in [1.807, 2.05) is 23.1 Å². The highest BCUT2D eigenvalue weighted by molar-refractivity contribution is 6.13. The van der Waals surface area contributed by atoms with E-state index in [2.05, 4.69) is 37.3 Å². The summed E-state index contributed by atoms with van der Waals surface area (Å²) in [6, 6.07) is 16.2. The summed E-state index contributed by atoms with van der Waals surface area (Å²) in [5.74, 6) is 1.15. The van der Waals surface area contributed by atoms with Gasteiger partial charge in [-0.2, -0.15) is 0 Å². The van der Waals surface area contributed by atoms with Gasteiger partial charge in [-0.15, -0.1) is 0 Å². The number of rotatable bonds is 1. The van der Waals surface area contributed by atoms with Gasteiger partial charge in [0.1, 0.15) is 5.58 Å². The number of hydrogen-bond acceptors (Lipinski definition) is 2. The lowest BCUT2D eigenvalue weighted by atomic mass is 10.1. The van der Waals surface area contributed by atoms with E-state index in [4.69, 9.17) is 9.83 Å². The molecule has 0 fully saturated rings. The summed E-state index contributed by atoms with van der Waals surface area (Å²) in [6.07, 6.45) is 0. The lowest BCUT2D eigenvalue weighted by Gasteiger charge is -2.18. The first kappa shape index (κ1) is 11.3. The van der Waals surface area contributed by atoms with Crippen LogP contribution in [0.3, 0.4) is 0 Å². The van der Waals surface area contributed by atoms with E-state index in [1.165, 1.54) is 5.56 Å². The third-order valence-corrected chi connectivity index (χ3v) is 3.85. The molecule has 2 heterocycles. The quantitative estimate of drug-likeness (QED) is 0.717. The van der Waals surface area contributed by atoms with Gasteiger partial charge in [-0.25, -0.2) is 0 Å². The van der Waals surface area contributed by atoms with Gasteiger partial charge in [-0.3, -0.25) is 5.41 Å². The van der Waals surface area contributed by atoms with Gasteiger partial charge >= 0.3 is 0 Å². The summed E-state index contributed by atoms with van der Waals surface area (Å²) in [6.45, 7) is 2.77. The third-order valence-electron chi connectivity index (χ3n) is 3.85. The highest BCUT2D eigenvalue weighted by Crippen LogP contribution is 2.35. The second kappa shape index (κ2) is 3.97. The van der Waals surface area contributed by atoms with Crippen LogP contribution in [0.2, 0.25) is 0 Å². The molecule has 3 heteroatoms. The number of hydrogen-bond donors (Lipinski definition) is 1. The standard InChI is InChI=1S/C17H14N2O/c1-11-6-8-12(9-7-11)19-10-14-13-4-2-3-5-15(13)20-16(14)17(19)18/h2-9,18H,10H2,1H3. The Morgan fingerprint density at radius 1 is 1.05 bits per heavy atom. The van der Waals surface area contributed by atoms with Crippen LogP contribution < -0.4 is 4.90 Å². The molecule has 0 amide bonds. The number of aryl methyl sites for hydroxylation is 1. The molecule has 0 spiro atoms. The van der Waals surface area contributed by atoms with Gasteiger partial charge in [0.15, 0.2) is 11.6 Å². The van der Waals surface area contributed by atoms with Crippen molar-refractivity contribution >= 4 is 22.5 Å². The molecule has 0 atom stereocenters. The summed E-state index contributed by atoms with van der Waals surface area (Å²) in [5.41, 5.74) is 4.25. The predicted molar refractivity (Wildman–Crippen MR) is 80.4 cm³/mol. The van der Waals surface area contributed by atoms with E-state index in [9.17, 15) is 0 Å². The van der Waals surface area contributed by atoms with Crippen molar-refractivity contribution < 1.29 is 4.42 Å². The molecular weight excluding hydrogens is 248 g/mol. The number of fused-ring (bicyclic) bond motifs is 3. The van der Waals surface area contributed by atoms with Gasteiger partial charge in [0, 0.05) is 16.6 Å². The summed E-state index contributed by atoms with van der Waals surface area (Å²) in [7, 11) is 0. The number of para-hydroxylation sites is 1. The van der Waals surface area contributed by atoms with Gasteiger partial charge in [-0.05, 0) is 25.1 Å². The Morgan fingerprint density at radius 3 is 2.60 bits per heavy atom. The minimum absolute atomic E-state index is 0.444. The fourth-order valence-electron chi connectivity index (χ4n) is 2.75. The van der Waals surface area contributed by atoms with Gasteiger partial charge < -0.3 is 9.32 Å². The molecular formula is C17H14N2O. The molecule has 1 aromatic heterocycles. The topological polar surface area (TPSA) is 40.2 Å². The maximum Gasteiger partial charge on any atom is 0.175 e. The van der Waals surface area contributed by atoms with Crippen LogP contribution in [0.4, 0.5) is 5.69 Å². The number of benzene rings is 2. The van der Waals surface area contributed by atoms with Crippen LogP contribution in [0, 0.1) is 12.3 Å². The molecule has 3 nitrogen and oxygen atoms in total. The van der Waals surface area contributed by atoms with Crippen LogP contribution >= 0.6 is 0 Å². The first-order chi connectivity index (χ1) is 9.74. The molecule has 3 aromatic rings. The van der Waals surface area contributed by atoms with Crippen LogP contribution in [0.1, 0.15) is 16.9 Å². The van der Waals surface area contributed by atoms with Gasteiger partial charge in [0.2, 0.25) is 0 Å². The van der Waals surface area contributed by atoms with Crippen LogP contribution in [0.15, 0.2) is 52.9 Å². The molecule has 98 valence electrons. The molecule has 1 aliphatic rings. The number of nitrogens with zero attached hydrogens (tertiary/aromatic N) is 1. The summed E-state index contributed by atoms with van der Waals surface area (Å²) >= 11 is 0. The van der Waals surface area contributed by atoms with Crippen LogP contribution in [0.5, 0.6) is 0 Å². The molecule has 0 saturated carbocycles. The lowest BCUT2D eigenvalue weighted by molar-refractivity contribution is 0.604. The average Bonchev–Trinajstić information content (AvgIpc) is 2.98. The Morgan fingerprint density at radius 2 is 1.80 bits per heavy atom. The van der Waals surface area contributed by atoms with E-state index in [-0.39, 0.29) is 0 Å². The monoisotopic (exact) mass is 262 g/mol. The first-order valence-electron chi connectivity index (χ1n) is 6.67. The molecule has 0 saturated heterocycles. The average molecular weight is 262 g/mol. The molecule has 0 radical (unpaired) electrons. The van der Waals surface area contributed by atoms with Crippen molar-refractivity contribution in [3.63, 3.8) is 0 Å². The Bertz CT molecular complexity index is 815. The minimum atomic E-state index is 0.444. The fraction of sp³-hybridized carbons (Fsp3) is 0.118. The molecule has 0 aliphatic carbocycles. The van der Waals surface area contributed by atoms with E-state index < -0.39 is 0 Å². The zero-order valence-electron chi connectivity index (χ0n) is 11.2. The Hall–Kier alpha value is -2.55. The maximum atomic E-state index is 8.34. The van der Waals surface area contributed by atoms with E-state index >= 15 is 0 Å². The summed E-state index contributed by atoms with van der Waals surface area (Å²) in [4.78, 5) is 1.99. The van der Waals surface area contributed by atoms with Gasteiger partial charge in [0.25, 0.3) is 0 Å². The highest BCUT2D eigenvalue weighted by Gasteiger charge is 2.31. The molecule has 4 rings (SSSR count). The van der Waals surface area contributed by atoms with Crippen molar-refractivity contribution in [1.82, 2.24) is 0 Å².